The Morgan fingerprint density at radius 2 is 1.95 bits per heavy atom. The molecule has 5 heteroatoms. The van der Waals surface area contributed by atoms with Crippen molar-refractivity contribution < 1.29 is 14.7 Å². The maximum atomic E-state index is 10.9. The van der Waals surface area contributed by atoms with Crippen LogP contribution in [-0.4, -0.2) is 17.7 Å². The van der Waals surface area contributed by atoms with E-state index in [1.807, 2.05) is 36.4 Å². The van der Waals surface area contributed by atoms with Crippen molar-refractivity contribution in [2.45, 2.75) is 12.8 Å². The van der Waals surface area contributed by atoms with Gasteiger partial charge in [-0.05, 0) is 41.8 Å². The minimum absolute atomic E-state index is 0.214. The summed E-state index contributed by atoms with van der Waals surface area (Å²) in [6.45, 7) is 0.393. The number of carbonyl (C=O) groups is 1. The van der Waals surface area contributed by atoms with Gasteiger partial charge in [-0.2, -0.15) is 5.26 Å². The van der Waals surface area contributed by atoms with Gasteiger partial charge in [-0.1, -0.05) is 24.3 Å². The van der Waals surface area contributed by atoms with Crippen LogP contribution in [0.15, 0.2) is 48.5 Å². The largest absolute Gasteiger partial charge is 0.494 e. The summed E-state index contributed by atoms with van der Waals surface area (Å²) in [6, 6.07) is 17.0. The molecular formula is C17H16N2O3. The van der Waals surface area contributed by atoms with Gasteiger partial charge in [0.25, 0.3) is 0 Å². The molecule has 112 valence electrons. The molecule has 0 aliphatic rings. The van der Waals surface area contributed by atoms with E-state index in [1.54, 1.807) is 17.6 Å². The highest BCUT2D eigenvalue weighted by Gasteiger charge is 2.02. The van der Waals surface area contributed by atoms with Crippen molar-refractivity contribution in [2.24, 2.45) is 0 Å². The number of rotatable bonds is 6. The number of hydrogen-bond acceptors (Lipinski definition) is 4. The fraction of sp³-hybridized carbons (Fsp3) is 0.176. The van der Waals surface area contributed by atoms with E-state index in [0.29, 0.717) is 24.3 Å². The summed E-state index contributed by atoms with van der Waals surface area (Å²) >= 11 is 0. The molecule has 0 saturated carbocycles. The van der Waals surface area contributed by atoms with Gasteiger partial charge in [0.15, 0.2) is 0 Å². The number of nitrogens with one attached hydrogen (secondary N) is 1. The van der Waals surface area contributed by atoms with Crippen molar-refractivity contribution in [3.05, 3.63) is 54.1 Å². The van der Waals surface area contributed by atoms with Gasteiger partial charge in [-0.25, -0.2) is 5.48 Å². The van der Waals surface area contributed by atoms with Gasteiger partial charge in [0.1, 0.15) is 5.75 Å². The molecule has 2 N–H and O–H groups in total. The second-order valence-corrected chi connectivity index (χ2v) is 4.70. The standard InChI is InChI=1S/C17H16N2O3/c18-12-13-6-8-14(9-7-13)15-3-1-4-16(11-15)22-10-2-5-17(20)19-21/h1,3-4,6-9,11,21H,2,5,10H2,(H,19,20). The molecule has 0 atom stereocenters. The number of hydroxylamine groups is 1. The zero-order valence-corrected chi connectivity index (χ0v) is 12.0. The number of amides is 1. The second kappa shape index (κ2) is 7.81. The highest BCUT2D eigenvalue weighted by atomic mass is 16.5. The van der Waals surface area contributed by atoms with E-state index in [1.165, 1.54) is 0 Å². The van der Waals surface area contributed by atoms with Gasteiger partial charge in [-0.15, -0.1) is 0 Å². The van der Waals surface area contributed by atoms with E-state index in [4.69, 9.17) is 15.2 Å². The van der Waals surface area contributed by atoms with Crippen LogP contribution in [0.4, 0.5) is 0 Å². The van der Waals surface area contributed by atoms with E-state index in [-0.39, 0.29) is 6.42 Å². The third kappa shape index (κ3) is 4.33. The molecule has 0 aliphatic heterocycles. The van der Waals surface area contributed by atoms with Gasteiger partial charge in [0, 0.05) is 6.42 Å². The van der Waals surface area contributed by atoms with Crippen LogP contribution < -0.4 is 10.2 Å². The summed E-state index contributed by atoms with van der Waals surface area (Å²) in [4.78, 5) is 10.9. The number of ether oxygens (including phenoxy) is 1. The van der Waals surface area contributed by atoms with Gasteiger partial charge >= 0.3 is 0 Å². The van der Waals surface area contributed by atoms with Crippen LogP contribution in [-0.2, 0) is 4.79 Å². The SMILES string of the molecule is N#Cc1ccc(-c2cccc(OCCCC(=O)NO)c2)cc1. The first-order valence-corrected chi connectivity index (χ1v) is 6.89. The van der Waals surface area contributed by atoms with Gasteiger partial charge in [0.05, 0.1) is 18.2 Å². The highest BCUT2D eigenvalue weighted by molar-refractivity contribution is 5.74. The van der Waals surface area contributed by atoms with Gasteiger partial charge < -0.3 is 4.74 Å². The Morgan fingerprint density at radius 1 is 1.18 bits per heavy atom. The molecule has 0 heterocycles. The molecule has 1 amide bonds. The molecule has 0 fully saturated rings. The molecule has 0 aliphatic carbocycles. The van der Waals surface area contributed by atoms with Crippen LogP contribution in [0.5, 0.6) is 5.75 Å². The maximum absolute atomic E-state index is 10.9. The number of carbonyl (C=O) groups excluding carboxylic acids is 1. The average Bonchev–Trinajstić information content (AvgIpc) is 2.59. The van der Waals surface area contributed by atoms with Crippen molar-refractivity contribution in [1.29, 1.82) is 5.26 Å². The minimum atomic E-state index is -0.421. The first-order chi connectivity index (χ1) is 10.7. The summed E-state index contributed by atoms with van der Waals surface area (Å²) in [5.41, 5.74) is 4.21. The summed E-state index contributed by atoms with van der Waals surface area (Å²) < 4.78 is 5.59. The molecule has 2 aromatic rings. The van der Waals surface area contributed by atoms with Crippen molar-refractivity contribution >= 4 is 5.91 Å². The molecule has 0 aromatic heterocycles. The molecule has 2 rings (SSSR count). The van der Waals surface area contributed by atoms with E-state index in [2.05, 4.69) is 6.07 Å². The van der Waals surface area contributed by atoms with E-state index >= 15 is 0 Å². The highest BCUT2D eigenvalue weighted by Crippen LogP contribution is 2.24. The van der Waals surface area contributed by atoms with E-state index < -0.39 is 5.91 Å². The summed E-state index contributed by atoms with van der Waals surface area (Å²) in [5, 5.41) is 17.2. The zero-order chi connectivity index (χ0) is 15.8. The topological polar surface area (TPSA) is 82.3 Å². The van der Waals surface area contributed by atoms with E-state index in [0.717, 1.165) is 11.1 Å². The normalized spacial score (nSPS) is 9.82. The number of nitriles is 1. The van der Waals surface area contributed by atoms with Crippen LogP contribution in [0.1, 0.15) is 18.4 Å². The molecule has 5 nitrogen and oxygen atoms in total. The number of nitrogens with zero attached hydrogens (tertiary/aromatic N) is 1. The maximum Gasteiger partial charge on any atom is 0.243 e. The Balaban J connectivity index is 1.97. The van der Waals surface area contributed by atoms with Gasteiger partial charge in [0.2, 0.25) is 5.91 Å². The molecular weight excluding hydrogens is 280 g/mol. The molecule has 0 bridgehead atoms. The van der Waals surface area contributed by atoms with Crippen LogP contribution in [0.2, 0.25) is 0 Å². The first kappa shape index (κ1) is 15.5. The Labute approximate surface area is 128 Å². The van der Waals surface area contributed by atoms with Gasteiger partial charge in [-0.3, -0.25) is 10.0 Å². The van der Waals surface area contributed by atoms with Crippen molar-refractivity contribution in [2.75, 3.05) is 6.61 Å². The second-order valence-electron chi connectivity index (χ2n) is 4.70. The third-order valence-corrected chi connectivity index (χ3v) is 3.12. The third-order valence-electron chi connectivity index (χ3n) is 3.12. The molecule has 0 unspecified atom stereocenters. The zero-order valence-electron chi connectivity index (χ0n) is 12.0. The molecule has 0 radical (unpaired) electrons. The monoisotopic (exact) mass is 296 g/mol. The molecule has 0 spiro atoms. The molecule has 0 saturated heterocycles. The van der Waals surface area contributed by atoms with Crippen molar-refractivity contribution in [3.63, 3.8) is 0 Å². The summed E-state index contributed by atoms with van der Waals surface area (Å²) in [6.07, 6.45) is 0.735. The number of hydrogen-bond donors (Lipinski definition) is 2. The van der Waals surface area contributed by atoms with Crippen LogP contribution >= 0.6 is 0 Å². The number of benzene rings is 2. The fourth-order valence-electron chi connectivity index (χ4n) is 1.98. The minimum Gasteiger partial charge on any atom is -0.494 e. The first-order valence-electron chi connectivity index (χ1n) is 6.89. The predicted molar refractivity (Wildman–Crippen MR) is 81.3 cm³/mol. The Morgan fingerprint density at radius 3 is 2.64 bits per heavy atom. The summed E-state index contributed by atoms with van der Waals surface area (Å²) in [5.74, 6) is 0.293. The Hall–Kier alpha value is -2.84. The average molecular weight is 296 g/mol. The van der Waals surface area contributed by atoms with E-state index in [9.17, 15) is 4.79 Å². The van der Waals surface area contributed by atoms with Crippen molar-refractivity contribution in [3.8, 4) is 22.9 Å². The van der Waals surface area contributed by atoms with Crippen LogP contribution in [0, 0.1) is 11.3 Å². The smallest absolute Gasteiger partial charge is 0.243 e. The van der Waals surface area contributed by atoms with Crippen molar-refractivity contribution in [1.82, 2.24) is 5.48 Å². The Bertz CT molecular complexity index is 675. The molecule has 2 aromatic carbocycles. The van der Waals surface area contributed by atoms with Crippen LogP contribution in [0.3, 0.4) is 0 Å². The van der Waals surface area contributed by atoms with Crippen LogP contribution in [0.25, 0.3) is 11.1 Å². The lowest BCUT2D eigenvalue weighted by Gasteiger charge is -2.08. The summed E-state index contributed by atoms with van der Waals surface area (Å²) in [7, 11) is 0. The Kier molecular flexibility index (Phi) is 5.52. The predicted octanol–water partition coefficient (Wildman–Crippen LogP) is 2.89. The lowest BCUT2D eigenvalue weighted by Crippen LogP contribution is -2.18. The lowest BCUT2D eigenvalue weighted by atomic mass is 10.0. The fourth-order valence-corrected chi connectivity index (χ4v) is 1.98. The lowest BCUT2D eigenvalue weighted by molar-refractivity contribution is -0.129. The quantitative estimate of drug-likeness (QED) is 0.488. The molecule has 22 heavy (non-hydrogen) atoms.